The molecule has 2 heterocycles. The molecule has 3 aromatic rings. The van der Waals surface area contributed by atoms with Crippen LogP contribution in [0.1, 0.15) is 6.42 Å². The molecule has 1 fully saturated rings. The Bertz CT molecular complexity index is 939. The number of nitrogens with zero attached hydrogens (tertiary/aromatic N) is 1. The van der Waals surface area contributed by atoms with Crippen LogP contribution in [0.5, 0.6) is 17.2 Å². The number of rotatable bonds is 6. The molecule has 0 spiro atoms. The second kappa shape index (κ2) is 7.72. The number of methoxy groups -OCH3 is 2. The summed E-state index contributed by atoms with van der Waals surface area (Å²) in [6.45, 7) is 1.36. The van der Waals surface area contributed by atoms with E-state index in [-0.39, 0.29) is 6.10 Å². The van der Waals surface area contributed by atoms with E-state index in [0.717, 1.165) is 52.6 Å². The molecule has 1 atom stereocenters. The zero-order valence-electron chi connectivity index (χ0n) is 15.4. The molecule has 0 aliphatic carbocycles. The summed E-state index contributed by atoms with van der Waals surface area (Å²) in [5, 5.41) is 4.43. The fourth-order valence-corrected chi connectivity index (χ4v) is 3.14. The van der Waals surface area contributed by atoms with Crippen LogP contribution in [0.15, 0.2) is 48.7 Å². The zero-order valence-corrected chi connectivity index (χ0v) is 15.4. The molecule has 27 heavy (non-hydrogen) atoms. The highest BCUT2D eigenvalue weighted by molar-refractivity contribution is 5.93. The highest BCUT2D eigenvalue weighted by Crippen LogP contribution is 2.32. The fraction of sp³-hybridized carbons (Fsp3) is 0.286. The van der Waals surface area contributed by atoms with Crippen LogP contribution in [-0.2, 0) is 4.74 Å². The normalized spacial score (nSPS) is 16.3. The second-order valence-electron chi connectivity index (χ2n) is 6.37. The van der Waals surface area contributed by atoms with E-state index in [0.29, 0.717) is 6.61 Å². The van der Waals surface area contributed by atoms with Gasteiger partial charge in [0, 0.05) is 47.6 Å². The number of ether oxygens (including phenoxy) is 4. The molecule has 6 nitrogen and oxygen atoms in total. The lowest BCUT2D eigenvalue weighted by Gasteiger charge is -2.16. The van der Waals surface area contributed by atoms with Crippen molar-refractivity contribution in [1.82, 2.24) is 4.98 Å². The van der Waals surface area contributed by atoms with Crippen molar-refractivity contribution in [3.63, 3.8) is 0 Å². The molecule has 0 saturated carbocycles. The van der Waals surface area contributed by atoms with Crippen LogP contribution in [0.2, 0.25) is 0 Å². The van der Waals surface area contributed by atoms with E-state index >= 15 is 0 Å². The predicted molar refractivity (Wildman–Crippen MR) is 104 cm³/mol. The Kier molecular flexibility index (Phi) is 4.98. The first-order valence-electron chi connectivity index (χ1n) is 8.88. The van der Waals surface area contributed by atoms with Gasteiger partial charge in [-0.3, -0.25) is 4.98 Å². The number of pyridine rings is 1. The third kappa shape index (κ3) is 3.90. The van der Waals surface area contributed by atoms with Gasteiger partial charge in [0.25, 0.3) is 0 Å². The molecule has 1 unspecified atom stereocenters. The molecule has 1 aliphatic heterocycles. The van der Waals surface area contributed by atoms with Crippen molar-refractivity contribution in [2.45, 2.75) is 12.5 Å². The average molecular weight is 366 g/mol. The Morgan fingerprint density at radius 3 is 2.63 bits per heavy atom. The van der Waals surface area contributed by atoms with E-state index < -0.39 is 0 Å². The van der Waals surface area contributed by atoms with E-state index in [2.05, 4.69) is 10.3 Å². The minimum atomic E-state index is 0.0796. The molecule has 1 aliphatic rings. The lowest BCUT2D eigenvalue weighted by Crippen LogP contribution is -2.15. The quantitative estimate of drug-likeness (QED) is 0.707. The molecule has 0 radical (unpaired) electrons. The van der Waals surface area contributed by atoms with Crippen LogP contribution in [0.4, 0.5) is 11.4 Å². The maximum absolute atomic E-state index is 6.04. The Morgan fingerprint density at radius 1 is 1.00 bits per heavy atom. The van der Waals surface area contributed by atoms with Crippen LogP contribution >= 0.6 is 0 Å². The van der Waals surface area contributed by atoms with Crippen molar-refractivity contribution in [2.24, 2.45) is 0 Å². The van der Waals surface area contributed by atoms with Gasteiger partial charge in [-0.1, -0.05) is 0 Å². The van der Waals surface area contributed by atoms with Gasteiger partial charge in [-0.25, -0.2) is 0 Å². The number of fused-ring (bicyclic) bond motifs is 1. The van der Waals surface area contributed by atoms with Gasteiger partial charge in [-0.15, -0.1) is 0 Å². The average Bonchev–Trinajstić information content (AvgIpc) is 3.20. The SMILES string of the molecule is COc1cc(Nc2ccnc3ccc(OC)cc23)cc(OC2CCOC2)c1. The maximum Gasteiger partial charge on any atom is 0.125 e. The third-order valence-electron chi connectivity index (χ3n) is 4.53. The first-order valence-corrected chi connectivity index (χ1v) is 8.88. The van der Waals surface area contributed by atoms with Crippen LogP contribution in [0.3, 0.4) is 0 Å². The fourth-order valence-electron chi connectivity index (χ4n) is 3.14. The number of benzene rings is 2. The molecule has 6 heteroatoms. The van der Waals surface area contributed by atoms with Gasteiger partial charge in [0.15, 0.2) is 0 Å². The van der Waals surface area contributed by atoms with Gasteiger partial charge in [0.1, 0.15) is 23.4 Å². The monoisotopic (exact) mass is 366 g/mol. The molecule has 0 amide bonds. The maximum atomic E-state index is 6.04. The summed E-state index contributed by atoms with van der Waals surface area (Å²) < 4.78 is 22.2. The first kappa shape index (κ1) is 17.4. The van der Waals surface area contributed by atoms with Crippen molar-refractivity contribution in [1.29, 1.82) is 0 Å². The van der Waals surface area contributed by atoms with Crippen LogP contribution in [0, 0.1) is 0 Å². The number of hydrogen-bond acceptors (Lipinski definition) is 6. The molecule has 1 aromatic heterocycles. The molecule has 1 saturated heterocycles. The van der Waals surface area contributed by atoms with Crippen molar-refractivity contribution < 1.29 is 18.9 Å². The van der Waals surface area contributed by atoms with Crippen LogP contribution < -0.4 is 19.5 Å². The number of nitrogens with one attached hydrogen (secondary N) is 1. The van der Waals surface area contributed by atoms with Crippen molar-refractivity contribution >= 4 is 22.3 Å². The van der Waals surface area contributed by atoms with Crippen LogP contribution in [0.25, 0.3) is 10.9 Å². The van der Waals surface area contributed by atoms with E-state index in [1.54, 1.807) is 20.4 Å². The predicted octanol–water partition coefficient (Wildman–Crippen LogP) is 4.16. The second-order valence-corrected chi connectivity index (χ2v) is 6.37. The van der Waals surface area contributed by atoms with Gasteiger partial charge >= 0.3 is 0 Å². The van der Waals surface area contributed by atoms with Gasteiger partial charge < -0.3 is 24.3 Å². The van der Waals surface area contributed by atoms with Crippen molar-refractivity contribution in [2.75, 3.05) is 32.8 Å². The number of anilines is 2. The minimum absolute atomic E-state index is 0.0796. The lowest BCUT2D eigenvalue weighted by atomic mass is 10.1. The summed E-state index contributed by atoms with van der Waals surface area (Å²) in [6, 6.07) is 13.5. The summed E-state index contributed by atoms with van der Waals surface area (Å²) in [5.74, 6) is 2.27. The summed E-state index contributed by atoms with van der Waals surface area (Å²) in [4.78, 5) is 4.42. The lowest BCUT2D eigenvalue weighted by molar-refractivity contribution is 0.141. The first-order chi connectivity index (χ1) is 13.2. The summed E-state index contributed by atoms with van der Waals surface area (Å²) in [5.41, 5.74) is 2.70. The van der Waals surface area contributed by atoms with E-state index in [4.69, 9.17) is 18.9 Å². The molecule has 4 rings (SSSR count). The van der Waals surface area contributed by atoms with Gasteiger partial charge in [0.05, 0.1) is 33.0 Å². The topological polar surface area (TPSA) is 61.8 Å². The molecule has 1 N–H and O–H groups in total. The smallest absolute Gasteiger partial charge is 0.125 e. The molecular formula is C21H22N2O4. The summed E-state index contributed by atoms with van der Waals surface area (Å²) >= 11 is 0. The third-order valence-corrected chi connectivity index (χ3v) is 4.53. The Balaban J connectivity index is 1.66. The Hall–Kier alpha value is -2.99. The standard InChI is InChI=1S/C21H22N2O4/c1-24-15-3-4-20-19(12-15)21(5-7-22-20)23-14-9-17(25-2)11-18(10-14)27-16-6-8-26-13-16/h3-5,7,9-12,16H,6,8,13H2,1-2H3,(H,22,23). The molecule has 0 bridgehead atoms. The van der Waals surface area contributed by atoms with Crippen molar-refractivity contribution in [3.8, 4) is 17.2 Å². The van der Waals surface area contributed by atoms with Gasteiger partial charge in [-0.2, -0.15) is 0 Å². The highest BCUT2D eigenvalue weighted by atomic mass is 16.5. The van der Waals surface area contributed by atoms with E-state index in [9.17, 15) is 0 Å². The summed E-state index contributed by atoms with van der Waals surface area (Å²) in [7, 11) is 3.30. The largest absolute Gasteiger partial charge is 0.497 e. The zero-order chi connectivity index (χ0) is 18.6. The molecule has 2 aromatic carbocycles. The van der Waals surface area contributed by atoms with E-state index in [1.807, 2.05) is 42.5 Å². The molecular weight excluding hydrogens is 344 g/mol. The van der Waals surface area contributed by atoms with Crippen molar-refractivity contribution in [3.05, 3.63) is 48.7 Å². The number of hydrogen-bond donors (Lipinski definition) is 1. The van der Waals surface area contributed by atoms with Gasteiger partial charge in [0.2, 0.25) is 0 Å². The highest BCUT2D eigenvalue weighted by Gasteiger charge is 2.18. The Morgan fingerprint density at radius 2 is 1.85 bits per heavy atom. The minimum Gasteiger partial charge on any atom is -0.497 e. The summed E-state index contributed by atoms with van der Waals surface area (Å²) in [6.07, 6.45) is 2.76. The molecule has 140 valence electrons. The van der Waals surface area contributed by atoms with Gasteiger partial charge in [-0.05, 0) is 24.3 Å². The Labute approximate surface area is 158 Å². The number of aromatic nitrogens is 1. The van der Waals surface area contributed by atoms with Crippen LogP contribution in [-0.4, -0.2) is 38.5 Å². The van der Waals surface area contributed by atoms with E-state index in [1.165, 1.54) is 0 Å².